The highest BCUT2D eigenvalue weighted by atomic mass is 35.5. The summed E-state index contributed by atoms with van der Waals surface area (Å²) < 4.78 is 18.5. The van der Waals surface area contributed by atoms with Gasteiger partial charge in [0, 0.05) is 6.04 Å². The molecule has 0 bridgehead atoms. The largest absolute Gasteiger partial charge is 0.497 e. The molecule has 0 amide bonds. The Bertz CT molecular complexity index is 571. The number of rotatable bonds is 5. The summed E-state index contributed by atoms with van der Waals surface area (Å²) in [5.41, 5.74) is 8.10. The van der Waals surface area contributed by atoms with Crippen molar-refractivity contribution in [3.05, 3.63) is 64.4 Å². The summed E-state index contributed by atoms with van der Waals surface area (Å²) in [6, 6.07) is 12.5. The highest BCUT2D eigenvalue weighted by molar-refractivity contribution is 6.30. The maximum absolute atomic E-state index is 13.4. The lowest BCUT2D eigenvalue weighted by Crippen LogP contribution is -2.25. The summed E-state index contributed by atoms with van der Waals surface area (Å²) in [5.74, 6) is 0.419. The molecule has 0 saturated heterocycles. The van der Waals surface area contributed by atoms with E-state index >= 15 is 0 Å². The quantitative estimate of drug-likeness (QED) is 0.914. The smallest absolute Gasteiger partial charge is 0.142 e. The fraction of sp³-hybridized carbons (Fsp3) is 0.250. The van der Waals surface area contributed by atoms with Gasteiger partial charge in [0.15, 0.2) is 0 Å². The predicted octanol–water partition coefficient (Wildman–Crippen LogP) is 3.60. The van der Waals surface area contributed by atoms with Gasteiger partial charge in [-0.05, 0) is 48.2 Å². The van der Waals surface area contributed by atoms with Crippen LogP contribution in [0.1, 0.15) is 11.1 Å². The third-order valence-corrected chi connectivity index (χ3v) is 3.45. The summed E-state index contributed by atoms with van der Waals surface area (Å²) in [4.78, 5) is 0. The van der Waals surface area contributed by atoms with Crippen molar-refractivity contribution in [2.45, 2.75) is 18.9 Å². The Hall–Kier alpha value is -1.58. The van der Waals surface area contributed by atoms with Crippen molar-refractivity contribution in [2.24, 2.45) is 5.73 Å². The van der Waals surface area contributed by atoms with E-state index in [2.05, 4.69) is 0 Å². The third kappa shape index (κ3) is 3.95. The first-order chi connectivity index (χ1) is 9.58. The van der Waals surface area contributed by atoms with E-state index in [1.807, 2.05) is 24.3 Å². The van der Waals surface area contributed by atoms with Crippen molar-refractivity contribution in [3.63, 3.8) is 0 Å². The molecule has 2 aromatic rings. The topological polar surface area (TPSA) is 35.2 Å². The van der Waals surface area contributed by atoms with Crippen LogP contribution < -0.4 is 10.5 Å². The molecule has 2 aromatic carbocycles. The molecule has 0 saturated carbocycles. The summed E-state index contributed by atoms with van der Waals surface area (Å²) >= 11 is 5.66. The monoisotopic (exact) mass is 293 g/mol. The van der Waals surface area contributed by atoms with Gasteiger partial charge >= 0.3 is 0 Å². The number of benzene rings is 2. The Morgan fingerprint density at radius 2 is 1.70 bits per heavy atom. The fourth-order valence-electron chi connectivity index (χ4n) is 2.11. The van der Waals surface area contributed by atoms with E-state index in [-0.39, 0.29) is 11.1 Å². The molecule has 1 atom stereocenters. The molecule has 0 aliphatic rings. The molecule has 0 spiro atoms. The van der Waals surface area contributed by atoms with E-state index in [4.69, 9.17) is 22.1 Å². The average molecular weight is 294 g/mol. The number of nitrogens with two attached hydrogens (primary N) is 1. The second-order valence-corrected chi connectivity index (χ2v) is 5.17. The van der Waals surface area contributed by atoms with Crippen LogP contribution >= 0.6 is 11.6 Å². The number of ether oxygens (including phenoxy) is 1. The van der Waals surface area contributed by atoms with Gasteiger partial charge in [0.2, 0.25) is 0 Å². The summed E-state index contributed by atoms with van der Waals surface area (Å²) in [6.45, 7) is 0. The van der Waals surface area contributed by atoms with Crippen molar-refractivity contribution >= 4 is 11.6 Å². The van der Waals surface area contributed by atoms with Gasteiger partial charge in [0.25, 0.3) is 0 Å². The molecule has 0 radical (unpaired) electrons. The van der Waals surface area contributed by atoms with Gasteiger partial charge in [-0.2, -0.15) is 0 Å². The lowest BCUT2D eigenvalue weighted by Gasteiger charge is -2.12. The van der Waals surface area contributed by atoms with Crippen LogP contribution in [-0.4, -0.2) is 13.2 Å². The molecule has 4 heteroatoms. The minimum atomic E-state index is -0.402. The van der Waals surface area contributed by atoms with Crippen molar-refractivity contribution in [3.8, 4) is 5.75 Å². The summed E-state index contributed by atoms with van der Waals surface area (Å²) in [7, 11) is 1.63. The van der Waals surface area contributed by atoms with Crippen LogP contribution in [0.5, 0.6) is 5.75 Å². The van der Waals surface area contributed by atoms with Crippen molar-refractivity contribution in [2.75, 3.05) is 7.11 Å². The molecular formula is C16H17ClFNO. The van der Waals surface area contributed by atoms with Gasteiger partial charge in [-0.25, -0.2) is 4.39 Å². The molecular weight excluding hydrogens is 277 g/mol. The predicted molar refractivity (Wildman–Crippen MR) is 79.8 cm³/mol. The van der Waals surface area contributed by atoms with Gasteiger partial charge in [0.1, 0.15) is 11.6 Å². The van der Waals surface area contributed by atoms with Crippen LogP contribution in [-0.2, 0) is 12.8 Å². The minimum Gasteiger partial charge on any atom is -0.497 e. The maximum atomic E-state index is 13.4. The van der Waals surface area contributed by atoms with Gasteiger partial charge in [-0.3, -0.25) is 0 Å². The maximum Gasteiger partial charge on any atom is 0.142 e. The zero-order valence-electron chi connectivity index (χ0n) is 11.3. The first-order valence-electron chi connectivity index (χ1n) is 6.41. The van der Waals surface area contributed by atoms with Gasteiger partial charge in [0.05, 0.1) is 12.1 Å². The zero-order valence-corrected chi connectivity index (χ0v) is 12.0. The van der Waals surface area contributed by atoms with E-state index in [9.17, 15) is 4.39 Å². The average Bonchev–Trinajstić information content (AvgIpc) is 2.44. The van der Waals surface area contributed by atoms with Crippen LogP contribution in [0.15, 0.2) is 42.5 Å². The fourth-order valence-corrected chi connectivity index (χ4v) is 2.22. The number of methoxy groups -OCH3 is 1. The first kappa shape index (κ1) is 14.8. The molecule has 0 fully saturated rings. The van der Waals surface area contributed by atoms with E-state index < -0.39 is 5.82 Å². The third-order valence-electron chi connectivity index (χ3n) is 3.14. The highest BCUT2D eigenvalue weighted by Crippen LogP contribution is 2.17. The number of hydrogen-bond donors (Lipinski definition) is 1. The molecule has 0 heterocycles. The van der Waals surface area contributed by atoms with E-state index in [1.165, 1.54) is 6.07 Å². The van der Waals surface area contributed by atoms with Crippen LogP contribution in [0.2, 0.25) is 5.02 Å². The normalized spacial score (nSPS) is 12.2. The van der Waals surface area contributed by atoms with Crippen molar-refractivity contribution in [1.29, 1.82) is 0 Å². The van der Waals surface area contributed by atoms with E-state index in [1.54, 1.807) is 19.2 Å². The lowest BCUT2D eigenvalue weighted by molar-refractivity contribution is 0.414. The van der Waals surface area contributed by atoms with Crippen LogP contribution in [0.4, 0.5) is 4.39 Å². The SMILES string of the molecule is COc1ccc(CC(N)Cc2ccc(Cl)c(F)c2)cc1. The van der Waals surface area contributed by atoms with Crippen LogP contribution in [0, 0.1) is 5.82 Å². The number of halogens is 2. The summed E-state index contributed by atoms with van der Waals surface area (Å²) in [5, 5.41) is 0.137. The molecule has 2 N–H and O–H groups in total. The van der Waals surface area contributed by atoms with Gasteiger partial charge < -0.3 is 10.5 Å². The second kappa shape index (κ2) is 6.73. The Morgan fingerprint density at radius 1 is 1.10 bits per heavy atom. The molecule has 106 valence electrons. The standard InChI is InChI=1S/C16H17ClFNO/c1-20-14-5-2-11(3-6-14)8-13(19)9-12-4-7-15(17)16(18)10-12/h2-7,10,13H,8-9,19H2,1H3. The zero-order chi connectivity index (χ0) is 14.5. The molecule has 0 aromatic heterocycles. The Labute approximate surface area is 123 Å². The Morgan fingerprint density at radius 3 is 2.30 bits per heavy atom. The van der Waals surface area contributed by atoms with Crippen LogP contribution in [0.3, 0.4) is 0 Å². The first-order valence-corrected chi connectivity index (χ1v) is 6.78. The van der Waals surface area contributed by atoms with Crippen molar-refractivity contribution in [1.82, 2.24) is 0 Å². The van der Waals surface area contributed by atoms with E-state index in [0.29, 0.717) is 6.42 Å². The molecule has 2 nitrogen and oxygen atoms in total. The molecule has 2 rings (SSSR count). The second-order valence-electron chi connectivity index (χ2n) is 4.76. The van der Waals surface area contributed by atoms with Crippen LogP contribution in [0.25, 0.3) is 0 Å². The van der Waals surface area contributed by atoms with Crippen molar-refractivity contribution < 1.29 is 9.13 Å². The highest BCUT2D eigenvalue weighted by Gasteiger charge is 2.08. The molecule has 1 unspecified atom stereocenters. The number of hydrogen-bond acceptors (Lipinski definition) is 2. The summed E-state index contributed by atoms with van der Waals surface area (Å²) in [6.07, 6.45) is 1.34. The van der Waals surface area contributed by atoms with E-state index in [0.717, 1.165) is 23.3 Å². The van der Waals surface area contributed by atoms with Gasteiger partial charge in [-0.1, -0.05) is 29.8 Å². The lowest BCUT2D eigenvalue weighted by atomic mass is 9.99. The molecule has 0 aliphatic carbocycles. The minimum absolute atomic E-state index is 0.0658. The molecule has 20 heavy (non-hydrogen) atoms. The van der Waals surface area contributed by atoms with Gasteiger partial charge in [-0.15, -0.1) is 0 Å². The Kier molecular flexibility index (Phi) is 4.99. The Balaban J connectivity index is 1.97. The molecule has 0 aliphatic heterocycles.